The summed E-state index contributed by atoms with van der Waals surface area (Å²) in [5, 5.41) is 3.69. The van der Waals surface area contributed by atoms with Gasteiger partial charge in [-0.25, -0.2) is 8.42 Å². The van der Waals surface area contributed by atoms with E-state index in [1.54, 1.807) is 47.4 Å². The van der Waals surface area contributed by atoms with Crippen molar-refractivity contribution in [2.75, 3.05) is 0 Å². The van der Waals surface area contributed by atoms with Crippen molar-refractivity contribution in [1.82, 2.24) is 14.7 Å². The van der Waals surface area contributed by atoms with Crippen LogP contribution in [-0.4, -0.2) is 46.3 Å². The van der Waals surface area contributed by atoms with Gasteiger partial charge >= 0.3 is 0 Å². The molecule has 0 saturated carbocycles. The quantitative estimate of drug-likeness (QED) is 0.836. The Morgan fingerprint density at radius 3 is 2.36 bits per heavy atom. The molecule has 25 heavy (non-hydrogen) atoms. The van der Waals surface area contributed by atoms with Gasteiger partial charge < -0.3 is 4.90 Å². The minimum Gasteiger partial charge on any atom is -0.335 e. The second-order valence-corrected chi connectivity index (χ2v) is 9.07. The molecule has 2 aromatic rings. The normalized spacial score (nSPS) is 25.9. The largest absolute Gasteiger partial charge is 0.335 e. The van der Waals surface area contributed by atoms with Crippen LogP contribution in [0, 0.1) is 0 Å². The van der Waals surface area contributed by atoms with E-state index in [0.29, 0.717) is 17.7 Å². The fourth-order valence-corrected chi connectivity index (χ4v) is 6.08. The number of carbonyl (C=O) groups is 1. The van der Waals surface area contributed by atoms with Gasteiger partial charge in [-0.05, 0) is 43.9 Å². The Morgan fingerprint density at radius 1 is 1.08 bits per heavy atom. The van der Waals surface area contributed by atoms with Crippen molar-refractivity contribution < 1.29 is 13.2 Å². The van der Waals surface area contributed by atoms with Crippen LogP contribution in [0.1, 0.15) is 25.7 Å². The highest BCUT2D eigenvalue weighted by atomic mass is 32.2. The lowest BCUT2D eigenvalue weighted by molar-refractivity contribution is -0.136. The first-order chi connectivity index (χ1) is 12.1. The molecule has 2 aliphatic heterocycles. The minimum absolute atomic E-state index is 0.0188. The minimum atomic E-state index is -3.34. The predicted octanol–water partition coefficient (Wildman–Crippen LogP) is 1.88. The van der Waals surface area contributed by atoms with Crippen LogP contribution in [0.15, 0.2) is 53.7 Å². The lowest BCUT2D eigenvalue weighted by atomic mass is 10.0. The number of carbonyl (C=O) groups excluding carboxylic acids is 1. The molecular weight excluding hydrogens is 338 g/mol. The van der Waals surface area contributed by atoms with Crippen LogP contribution in [0.25, 0.3) is 0 Å². The lowest BCUT2D eigenvalue weighted by Crippen LogP contribution is -2.50. The van der Waals surface area contributed by atoms with Crippen LogP contribution in [0.2, 0.25) is 0 Å². The van der Waals surface area contributed by atoms with E-state index in [0.717, 1.165) is 12.8 Å². The van der Waals surface area contributed by atoms with E-state index in [1.807, 2.05) is 11.0 Å². The lowest BCUT2D eigenvalue weighted by Gasteiger charge is -2.38. The van der Waals surface area contributed by atoms with Crippen molar-refractivity contribution in [3.05, 3.63) is 48.8 Å². The van der Waals surface area contributed by atoms with Crippen molar-refractivity contribution in [2.24, 2.45) is 0 Å². The zero-order valence-corrected chi connectivity index (χ0v) is 14.7. The average Bonchev–Trinajstić information content (AvgIpc) is 3.21. The third kappa shape index (κ3) is 2.97. The molecule has 1 amide bonds. The Hall–Kier alpha value is -2.15. The summed E-state index contributed by atoms with van der Waals surface area (Å²) in [6.45, 7) is 0.218. The maximum Gasteiger partial charge on any atom is 0.244 e. The SMILES string of the molecule is O=C(Cn1cccn1)N1C2CCC1CC(S(=O)(=O)c1ccccc1)C2. The number of amides is 1. The number of fused-ring (bicyclic) bond motifs is 2. The highest BCUT2D eigenvalue weighted by molar-refractivity contribution is 7.92. The Morgan fingerprint density at radius 2 is 1.76 bits per heavy atom. The van der Waals surface area contributed by atoms with E-state index in [9.17, 15) is 13.2 Å². The first-order valence-corrected chi connectivity index (χ1v) is 10.2. The summed E-state index contributed by atoms with van der Waals surface area (Å²) in [6.07, 6.45) is 6.25. The predicted molar refractivity (Wildman–Crippen MR) is 92.5 cm³/mol. The van der Waals surface area contributed by atoms with Gasteiger partial charge in [0.25, 0.3) is 0 Å². The van der Waals surface area contributed by atoms with E-state index in [-0.39, 0.29) is 24.5 Å². The Kier molecular flexibility index (Phi) is 4.11. The molecule has 0 aliphatic carbocycles. The van der Waals surface area contributed by atoms with Crippen molar-refractivity contribution in [3.63, 3.8) is 0 Å². The molecule has 2 aliphatic rings. The van der Waals surface area contributed by atoms with Crippen LogP contribution < -0.4 is 0 Å². The summed E-state index contributed by atoms with van der Waals surface area (Å²) in [5.41, 5.74) is 0. The third-order valence-electron chi connectivity index (χ3n) is 5.34. The summed E-state index contributed by atoms with van der Waals surface area (Å²) in [5.74, 6) is 0.0340. The number of piperidine rings is 1. The number of aromatic nitrogens is 2. The molecule has 2 atom stereocenters. The molecule has 0 radical (unpaired) electrons. The van der Waals surface area contributed by atoms with Gasteiger partial charge in [0.1, 0.15) is 6.54 Å². The van der Waals surface area contributed by atoms with Gasteiger partial charge in [-0.2, -0.15) is 5.10 Å². The monoisotopic (exact) mass is 359 g/mol. The molecule has 132 valence electrons. The Labute approximate surface area is 147 Å². The van der Waals surface area contributed by atoms with Gasteiger partial charge in [-0.1, -0.05) is 18.2 Å². The van der Waals surface area contributed by atoms with E-state index < -0.39 is 15.1 Å². The maximum absolute atomic E-state index is 12.9. The first-order valence-electron chi connectivity index (χ1n) is 8.63. The molecule has 6 nitrogen and oxygen atoms in total. The highest BCUT2D eigenvalue weighted by Gasteiger charge is 2.47. The van der Waals surface area contributed by atoms with E-state index in [1.165, 1.54) is 0 Å². The van der Waals surface area contributed by atoms with Crippen molar-refractivity contribution >= 4 is 15.7 Å². The Bertz CT molecular complexity index is 835. The molecule has 7 heteroatoms. The molecule has 2 fully saturated rings. The van der Waals surface area contributed by atoms with E-state index in [4.69, 9.17) is 0 Å². The number of hydrogen-bond donors (Lipinski definition) is 0. The van der Waals surface area contributed by atoms with Gasteiger partial charge in [-0.3, -0.25) is 9.48 Å². The van der Waals surface area contributed by atoms with Crippen LogP contribution in [0.4, 0.5) is 0 Å². The molecule has 3 heterocycles. The molecule has 1 aromatic heterocycles. The fraction of sp³-hybridized carbons (Fsp3) is 0.444. The molecule has 4 rings (SSSR count). The number of hydrogen-bond acceptors (Lipinski definition) is 4. The first kappa shape index (κ1) is 16.3. The van der Waals surface area contributed by atoms with Crippen LogP contribution in [-0.2, 0) is 21.2 Å². The summed E-state index contributed by atoms with van der Waals surface area (Å²) >= 11 is 0. The number of rotatable bonds is 4. The van der Waals surface area contributed by atoms with Crippen molar-refractivity contribution in [1.29, 1.82) is 0 Å². The Balaban J connectivity index is 1.51. The molecule has 0 N–H and O–H groups in total. The molecule has 2 saturated heterocycles. The van der Waals surface area contributed by atoms with Crippen LogP contribution in [0.3, 0.4) is 0 Å². The van der Waals surface area contributed by atoms with E-state index in [2.05, 4.69) is 5.10 Å². The zero-order chi connectivity index (χ0) is 17.4. The number of nitrogens with zero attached hydrogens (tertiary/aromatic N) is 3. The summed E-state index contributed by atoms with van der Waals surface area (Å²) in [7, 11) is -3.34. The van der Waals surface area contributed by atoms with E-state index >= 15 is 0 Å². The zero-order valence-electron chi connectivity index (χ0n) is 13.9. The number of benzene rings is 1. The smallest absolute Gasteiger partial charge is 0.244 e. The van der Waals surface area contributed by atoms with Crippen molar-refractivity contribution in [3.8, 4) is 0 Å². The number of sulfone groups is 1. The standard InChI is InChI=1S/C18H21N3O3S/c22-18(13-20-10-4-9-19-20)21-14-7-8-15(21)12-17(11-14)25(23,24)16-5-2-1-3-6-16/h1-6,9-10,14-15,17H,7-8,11-13H2. The van der Waals surface area contributed by atoms with Gasteiger partial charge in [0, 0.05) is 24.5 Å². The summed E-state index contributed by atoms with van der Waals surface area (Å²) < 4.78 is 27.5. The molecular formula is C18H21N3O3S. The molecule has 2 bridgehead atoms. The van der Waals surface area contributed by atoms with Crippen LogP contribution in [0.5, 0.6) is 0 Å². The van der Waals surface area contributed by atoms with Gasteiger partial charge in [0.2, 0.25) is 5.91 Å². The molecule has 0 spiro atoms. The average molecular weight is 359 g/mol. The van der Waals surface area contributed by atoms with Gasteiger partial charge in [-0.15, -0.1) is 0 Å². The molecule has 1 aromatic carbocycles. The summed E-state index contributed by atoms with van der Waals surface area (Å²) in [4.78, 5) is 15.0. The second-order valence-electron chi connectivity index (χ2n) is 6.84. The molecule has 2 unspecified atom stereocenters. The third-order valence-corrected chi connectivity index (χ3v) is 7.54. The van der Waals surface area contributed by atoms with Gasteiger partial charge in [0.15, 0.2) is 9.84 Å². The van der Waals surface area contributed by atoms with Crippen molar-refractivity contribution in [2.45, 2.75) is 54.5 Å². The maximum atomic E-state index is 12.9. The van der Waals surface area contributed by atoms with Crippen LogP contribution >= 0.6 is 0 Å². The van der Waals surface area contributed by atoms with Gasteiger partial charge in [0.05, 0.1) is 10.1 Å². The highest BCUT2D eigenvalue weighted by Crippen LogP contribution is 2.39. The summed E-state index contributed by atoms with van der Waals surface area (Å²) in [6, 6.07) is 10.5. The topological polar surface area (TPSA) is 72.3 Å². The fourth-order valence-electron chi connectivity index (χ4n) is 4.20. The second kappa shape index (κ2) is 6.29.